The zero-order chi connectivity index (χ0) is 42.3. The number of hydrogen-bond donors (Lipinski definition) is 4. The van der Waals surface area contributed by atoms with Gasteiger partial charge in [0.1, 0.15) is 54.5 Å². The van der Waals surface area contributed by atoms with Crippen molar-refractivity contribution in [3.8, 4) is 0 Å². The molecule has 0 radical (unpaired) electrons. The van der Waals surface area contributed by atoms with Crippen LogP contribution in [0.2, 0.25) is 0 Å². The molecule has 0 aromatic heterocycles. The Morgan fingerprint density at radius 2 is 1.39 bits per heavy atom. The van der Waals surface area contributed by atoms with Crippen LogP contribution in [0.15, 0.2) is 30.3 Å². The first-order valence-electron chi connectivity index (χ1n) is 17.9. The van der Waals surface area contributed by atoms with Gasteiger partial charge in [0.15, 0.2) is 12.2 Å². The average Bonchev–Trinajstić information content (AvgIpc) is 3.08. The number of benzene rings is 1. The van der Waals surface area contributed by atoms with Gasteiger partial charge < -0.3 is 49.7 Å². The van der Waals surface area contributed by atoms with E-state index >= 15 is 0 Å². The van der Waals surface area contributed by atoms with Crippen LogP contribution < -0.4 is 21.3 Å². The summed E-state index contributed by atoms with van der Waals surface area (Å²) in [6, 6.07) is 3.88. The van der Waals surface area contributed by atoms with E-state index in [9.17, 15) is 38.4 Å². The maximum Gasteiger partial charge on any atom is 0.408 e. The number of ether oxygens (including phenoxy) is 6. The zero-order valence-electron chi connectivity index (χ0n) is 33.3. The number of rotatable bonds is 17. The molecule has 8 atom stereocenters. The van der Waals surface area contributed by atoms with E-state index in [2.05, 4.69) is 21.3 Å². The van der Waals surface area contributed by atoms with Gasteiger partial charge in [-0.15, -0.1) is 11.8 Å². The van der Waals surface area contributed by atoms with Crippen LogP contribution in [-0.2, 0) is 68.6 Å². The van der Waals surface area contributed by atoms with E-state index in [1.807, 2.05) is 0 Å². The summed E-state index contributed by atoms with van der Waals surface area (Å²) in [5, 5.41) is 10.4. The number of hydrogen-bond acceptors (Lipinski definition) is 15. The van der Waals surface area contributed by atoms with Gasteiger partial charge in [-0.2, -0.15) is 0 Å². The number of nitrogens with one attached hydrogen (secondary N) is 4. The van der Waals surface area contributed by atoms with Gasteiger partial charge in [0.25, 0.3) is 0 Å². The minimum absolute atomic E-state index is 0.0573. The fourth-order valence-corrected chi connectivity index (χ4v) is 6.53. The van der Waals surface area contributed by atoms with Crippen molar-refractivity contribution in [3.05, 3.63) is 35.9 Å². The molecule has 2 rings (SSSR count). The monoisotopic (exact) mass is 810 g/mol. The number of esters is 4. The van der Waals surface area contributed by atoms with Crippen molar-refractivity contribution in [2.24, 2.45) is 5.92 Å². The maximum absolute atomic E-state index is 13.9. The maximum atomic E-state index is 13.9. The summed E-state index contributed by atoms with van der Waals surface area (Å²) in [4.78, 5) is 102. The Bertz CT molecular complexity index is 1550. The summed E-state index contributed by atoms with van der Waals surface area (Å²) in [7, 11) is 0. The fraction of sp³-hybridized carbons (Fsp3) is 0.622. The molecule has 19 heteroatoms. The molecular weight excluding hydrogens is 756 g/mol. The second-order valence-electron chi connectivity index (χ2n) is 14.3. The lowest BCUT2D eigenvalue weighted by Crippen LogP contribution is -2.65. The van der Waals surface area contributed by atoms with E-state index in [1.165, 1.54) is 13.8 Å². The predicted octanol–water partition coefficient (Wildman–Crippen LogP) is 1.66. The molecule has 4 amide bonds. The van der Waals surface area contributed by atoms with Crippen molar-refractivity contribution in [1.82, 2.24) is 21.3 Å². The van der Waals surface area contributed by atoms with Crippen LogP contribution in [0.3, 0.4) is 0 Å². The summed E-state index contributed by atoms with van der Waals surface area (Å²) < 4.78 is 33.0. The smallest absolute Gasteiger partial charge is 0.408 e. The lowest BCUT2D eigenvalue weighted by atomic mass is 9.97. The van der Waals surface area contributed by atoms with Gasteiger partial charge in [0.05, 0.1) is 0 Å². The number of thioether (sulfide) groups is 1. The first-order valence-corrected chi connectivity index (χ1v) is 19.0. The third-order valence-electron chi connectivity index (χ3n) is 7.69. The second kappa shape index (κ2) is 22.0. The Labute approximate surface area is 330 Å². The minimum Gasteiger partial charge on any atom is -0.463 e. The van der Waals surface area contributed by atoms with E-state index in [4.69, 9.17) is 28.4 Å². The van der Waals surface area contributed by atoms with Gasteiger partial charge in [0.2, 0.25) is 17.7 Å². The first-order chi connectivity index (χ1) is 26.1. The highest BCUT2D eigenvalue weighted by molar-refractivity contribution is 7.99. The largest absolute Gasteiger partial charge is 0.463 e. The highest BCUT2D eigenvalue weighted by Crippen LogP contribution is 2.33. The van der Waals surface area contributed by atoms with Crippen molar-refractivity contribution >= 4 is 59.5 Å². The highest BCUT2D eigenvalue weighted by atomic mass is 32.2. The Morgan fingerprint density at radius 3 is 1.93 bits per heavy atom. The molecule has 18 nitrogen and oxygen atoms in total. The number of carbonyl (C=O) groups excluding carboxylic acids is 8. The molecule has 1 aromatic carbocycles. The van der Waals surface area contributed by atoms with Crippen LogP contribution in [0, 0.1) is 5.92 Å². The third kappa shape index (κ3) is 16.4. The normalized spacial score (nSPS) is 20.9. The molecule has 0 bridgehead atoms. The zero-order valence-corrected chi connectivity index (χ0v) is 34.1. The molecule has 312 valence electrons. The van der Waals surface area contributed by atoms with Crippen LogP contribution >= 0.6 is 11.8 Å². The Balaban J connectivity index is 2.47. The van der Waals surface area contributed by atoms with Crippen molar-refractivity contribution in [2.75, 3.05) is 12.4 Å². The molecule has 1 saturated heterocycles. The molecule has 0 saturated carbocycles. The number of alkyl carbamates (subject to hydrolysis) is 1. The third-order valence-corrected chi connectivity index (χ3v) is 8.95. The molecule has 1 aliphatic heterocycles. The molecule has 56 heavy (non-hydrogen) atoms. The standard InChI is InChI=1S/C37H54N4O14S/c1-19(2)28(41-36(49)55-37(8,9)10)33(47)40-26(32(46)38-20(3)34(48)51-16-25-14-12-11-13-15-25)18-56-35-29(39-21(4)42)31(53-24(7)45)30(52-23(6)44)27(54-35)17-50-22(5)43/h11-15,19-20,26-31,35H,16-18H2,1-10H3,(H,38,46)(H,39,42)(H,40,47)(H,41,49)/t20-,26-,27+,28-,29+,30-,31+,35+/m0/s1. The van der Waals surface area contributed by atoms with Crippen molar-refractivity contribution in [3.63, 3.8) is 0 Å². The van der Waals surface area contributed by atoms with Crippen LogP contribution in [0.5, 0.6) is 0 Å². The van der Waals surface area contributed by atoms with E-state index in [-0.39, 0.29) is 12.4 Å². The summed E-state index contributed by atoms with van der Waals surface area (Å²) in [6.07, 6.45) is -4.81. The van der Waals surface area contributed by atoms with Crippen molar-refractivity contribution < 1.29 is 66.8 Å². The van der Waals surface area contributed by atoms with E-state index in [0.717, 1.165) is 32.5 Å². The average molecular weight is 811 g/mol. The van der Waals surface area contributed by atoms with E-state index in [0.29, 0.717) is 5.56 Å². The summed E-state index contributed by atoms with van der Waals surface area (Å²) in [6.45, 7) is 13.7. The molecular formula is C37H54N4O14S. The minimum atomic E-state index is -1.43. The second-order valence-corrected chi connectivity index (χ2v) is 15.4. The van der Waals surface area contributed by atoms with Gasteiger partial charge >= 0.3 is 30.0 Å². The summed E-state index contributed by atoms with van der Waals surface area (Å²) in [5.74, 6) is -6.00. The van der Waals surface area contributed by atoms with E-state index < -0.39 is 114 Å². The van der Waals surface area contributed by atoms with Crippen LogP contribution in [0.1, 0.15) is 74.8 Å². The van der Waals surface area contributed by atoms with Crippen LogP contribution in [0.4, 0.5) is 4.79 Å². The predicted molar refractivity (Wildman–Crippen MR) is 200 cm³/mol. The van der Waals surface area contributed by atoms with Gasteiger partial charge in [-0.25, -0.2) is 9.59 Å². The lowest BCUT2D eigenvalue weighted by Gasteiger charge is -2.45. The summed E-state index contributed by atoms with van der Waals surface area (Å²) >= 11 is 0.888. The first kappa shape index (κ1) is 47.2. The van der Waals surface area contributed by atoms with E-state index in [1.54, 1.807) is 65.0 Å². The van der Waals surface area contributed by atoms with Crippen molar-refractivity contribution in [1.29, 1.82) is 0 Å². The Hall–Kier alpha value is -4.91. The summed E-state index contributed by atoms with van der Waals surface area (Å²) in [5.41, 5.74) is -1.34. The Morgan fingerprint density at radius 1 is 0.786 bits per heavy atom. The quantitative estimate of drug-likeness (QED) is 0.129. The Kier molecular flexibility index (Phi) is 18.6. The lowest BCUT2D eigenvalue weighted by molar-refractivity contribution is -0.211. The molecule has 0 aliphatic carbocycles. The molecule has 0 unspecified atom stereocenters. The van der Waals surface area contributed by atoms with Gasteiger partial charge in [-0.1, -0.05) is 44.2 Å². The molecule has 1 heterocycles. The molecule has 1 aromatic rings. The molecule has 1 aliphatic rings. The van der Waals surface area contributed by atoms with Gasteiger partial charge in [-0.3, -0.25) is 28.8 Å². The van der Waals surface area contributed by atoms with Gasteiger partial charge in [0, 0.05) is 33.4 Å². The number of carbonyl (C=O) groups is 8. The number of amides is 4. The van der Waals surface area contributed by atoms with Gasteiger partial charge in [-0.05, 0) is 39.2 Å². The molecule has 0 spiro atoms. The SMILES string of the molecule is CC(=O)N[C@@H]1[C@@H](OC(C)=O)[C@@H](OC(C)=O)[C@@H](COC(C)=O)O[C@@H]1SC[C@H](NC(=O)[C@@H](NC(=O)OC(C)(C)C)C(C)C)C(=O)N[C@@H](C)C(=O)OCc1ccccc1. The fourth-order valence-electron chi connectivity index (χ4n) is 5.26. The van der Waals surface area contributed by atoms with Crippen LogP contribution in [0.25, 0.3) is 0 Å². The topological polar surface area (TPSA) is 240 Å². The van der Waals surface area contributed by atoms with Crippen molar-refractivity contribution in [2.45, 2.75) is 129 Å². The molecule has 4 N–H and O–H groups in total. The van der Waals surface area contributed by atoms with Crippen LogP contribution in [-0.4, -0.2) is 114 Å². The highest BCUT2D eigenvalue weighted by Gasteiger charge is 2.51. The molecule has 1 fully saturated rings.